The molecule has 196 valence electrons. The van der Waals surface area contributed by atoms with Crippen LogP contribution >= 0.6 is 11.3 Å². The van der Waals surface area contributed by atoms with Gasteiger partial charge in [-0.3, -0.25) is 4.40 Å². The molecule has 3 heterocycles. The maximum Gasteiger partial charge on any atom is 0.182 e. The molecule has 6 heteroatoms. The Morgan fingerprint density at radius 1 is 0.900 bits per heavy atom. The summed E-state index contributed by atoms with van der Waals surface area (Å²) in [5.41, 5.74) is 7.41. The number of benzene rings is 3. The molecule has 0 aliphatic heterocycles. The molecule has 0 saturated carbocycles. The Morgan fingerprint density at radius 3 is 2.42 bits per heavy atom. The van der Waals surface area contributed by atoms with E-state index in [0.29, 0.717) is 18.9 Å². The van der Waals surface area contributed by atoms with Gasteiger partial charge < -0.3 is 14.8 Å². The topological polar surface area (TPSA) is 47.8 Å². The number of hydrogen-bond donors (Lipinski definition) is 1. The first-order valence-electron chi connectivity index (χ1n) is 12.9. The average Bonchev–Trinajstić information content (AvgIpc) is 3.34. The lowest BCUT2D eigenvalue weighted by Crippen LogP contribution is -2.04. The number of pyridine rings is 1. The van der Waals surface area contributed by atoms with Crippen LogP contribution in [0.5, 0.6) is 11.5 Å². The summed E-state index contributed by atoms with van der Waals surface area (Å²) in [6, 6.07) is 32.4. The van der Waals surface area contributed by atoms with Gasteiger partial charge in [-0.2, -0.15) is 0 Å². The van der Waals surface area contributed by atoms with Crippen LogP contribution in [0.4, 0.5) is 5.82 Å². The highest BCUT2D eigenvalue weighted by atomic mass is 32.1. The van der Waals surface area contributed by atoms with Crippen LogP contribution in [0.1, 0.15) is 16.7 Å². The van der Waals surface area contributed by atoms with Gasteiger partial charge in [-0.25, -0.2) is 4.98 Å². The summed E-state index contributed by atoms with van der Waals surface area (Å²) in [5.74, 6) is 5.17. The molecule has 0 unspecified atom stereocenters. The van der Waals surface area contributed by atoms with Crippen LogP contribution < -0.4 is 14.8 Å². The predicted octanol–water partition coefficient (Wildman–Crippen LogP) is 7.91. The first kappa shape index (κ1) is 25.3. The third kappa shape index (κ3) is 5.42. The van der Waals surface area contributed by atoms with E-state index in [1.165, 1.54) is 11.1 Å². The molecule has 5 aromatic rings. The fourth-order valence-corrected chi connectivity index (χ4v) is 5.32. The molecule has 0 amide bonds. The molecule has 0 atom stereocenters. The number of terminal acetylenes is 1. The van der Waals surface area contributed by atoms with Gasteiger partial charge in [0.05, 0.1) is 12.0 Å². The number of anilines is 1. The van der Waals surface area contributed by atoms with Gasteiger partial charge in [0.1, 0.15) is 23.9 Å². The van der Waals surface area contributed by atoms with Crippen LogP contribution in [-0.2, 0) is 13.2 Å². The van der Waals surface area contributed by atoms with Gasteiger partial charge in [0.15, 0.2) is 11.4 Å². The maximum absolute atomic E-state index is 6.18. The summed E-state index contributed by atoms with van der Waals surface area (Å²) in [5, 5.41) is 5.57. The van der Waals surface area contributed by atoms with Crippen molar-refractivity contribution in [3.05, 3.63) is 125 Å². The Labute approximate surface area is 237 Å². The van der Waals surface area contributed by atoms with Crippen molar-refractivity contribution in [2.45, 2.75) is 13.2 Å². The SMILES string of the molecule is C#Cc1ccsc1-c1nc2c(OCc3ccccc3)cccn2c1NCc1cccc(OC)c1.c1cc2cc-2c1. The lowest BCUT2D eigenvalue weighted by molar-refractivity contribution is 0.308. The number of thiophene rings is 1. The maximum atomic E-state index is 6.18. The number of nitrogens with one attached hydrogen (secondary N) is 1. The van der Waals surface area contributed by atoms with Crippen LogP contribution in [0, 0.1) is 12.3 Å². The molecule has 7 rings (SSSR count). The highest BCUT2D eigenvalue weighted by Gasteiger charge is 2.20. The molecular formula is C34H27N3O2S. The summed E-state index contributed by atoms with van der Waals surface area (Å²) in [6.45, 7) is 1.06. The molecule has 2 aliphatic carbocycles. The Hall–Kier alpha value is -4.99. The van der Waals surface area contributed by atoms with Gasteiger partial charge in [-0.1, -0.05) is 66.6 Å². The van der Waals surface area contributed by atoms with Crippen molar-refractivity contribution >= 4 is 22.8 Å². The standard InChI is InChI=1S/C28H23N3O2S.C6H4/c1-3-22-14-16-34-26(22)25-28(29-18-21-11-7-12-23(17-21)32-2)31-15-8-13-24(27(31)30-25)33-19-20-9-5-4-6-10-20;1-2-5-4-6(5)3-1/h1,4-17,29H,18-19H2,2H3;1-4H. The number of imidazole rings is 1. The van der Waals surface area contributed by atoms with Crippen molar-refractivity contribution in [1.82, 2.24) is 9.38 Å². The van der Waals surface area contributed by atoms with Crippen LogP contribution in [0.2, 0.25) is 0 Å². The van der Waals surface area contributed by atoms with Crippen molar-refractivity contribution in [1.29, 1.82) is 0 Å². The molecule has 2 aromatic carbocycles. The Bertz CT molecular complexity index is 1800. The van der Waals surface area contributed by atoms with Crippen molar-refractivity contribution in [2.24, 2.45) is 0 Å². The van der Waals surface area contributed by atoms with Crippen LogP contribution in [0.15, 0.2) is 109 Å². The molecule has 0 spiro atoms. The molecule has 0 fully saturated rings. The van der Waals surface area contributed by atoms with Crippen molar-refractivity contribution in [2.75, 3.05) is 12.4 Å². The lowest BCUT2D eigenvalue weighted by Gasteiger charge is -2.11. The summed E-state index contributed by atoms with van der Waals surface area (Å²) in [7, 11) is 1.67. The zero-order valence-electron chi connectivity index (χ0n) is 22.0. The van der Waals surface area contributed by atoms with Crippen LogP contribution in [0.3, 0.4) is 0 Å². The number of methoxy groups -OCH3 is 1. The van der Waals surface area contributed by atoms with Gasteiger partial charge in [-0.05, 0) is 64.0 Å². The lowest BCUT2D eigenvalue weighted by atomic mass is 10.2. The van der Waals surface area contributed by atoms with E-state index in [2.05, 4.69) is 41.6 Å². The second kappa shape index (κ2) is 11.4. The summed E-state index contributed by atoms with van der Waals surface area (Å²) in [6.07, 6.45) is 7.76. The summed E-state index contributed by atoms with van der Waals surface area (Å²) >= 11 is 1.58. The highest BCUT2D eigenvalue weighted by Crippen LogP contribution is 2.37. The molecule has 1 N–H and O–H groups in total. The van der Waals surface area contributed by atoms with Gasteiger partial charge in [0.2, 0.25) is 0 Å². The van der Waals surface area contributed by atoms with Gasteiger partial charge in [0.25, 0.3) is 0 Å². The minimum Gasteiger partial charge on any atom is -0.497 e. The van der Waals surface area contributed by atoms with Crippen molar-refractivity contribution in [3.63, 3.8) is 0 Å². The molecule has 0 saturated heterocycles. The normalized spacial score (nSPS) is 10.8. The second-order valence-corrected chi connectivity index (χ2v) is 10.2. The van der Waals surface area contributed by atoms with E-state index in [9.17, 15) is 0 Å². The minimum atomic E-state index is 0.462. The molecule has 2 aliphatic rings. The van der Waals surface area contributed by atoms with E-state index in [4.69, 9.17) is 20.9 Å². The molecular weight excluding hydrogens is 514 g/mol. The molecule has 0 bridgehead atoms. The number of ether oxygens (including phenoxy) is 2. The third-order valence-electron chi connectivity index (χ3n) is 6.59. The number of aromatic nitrogens is 2. The van der Waals surface area contributed by atoms with E-state index in [1.807, 2.05) is 82.7 Å². The smallest absolute Gasteiger partial charge is 0.182 e. The Balaban J connectivity index is 0.000000420. The van der Waals surface area contributed by atoms with E-state index < -0.39 is 0 Å². The fraction of sp³-hybridized carbons (Fsp3) is 0.0882. The van der Waals surface area contributed by atoms with Gasteiger partial charge >= 0.3 is 0 Å². The third-order valence-corrected chi connectivity index (χ3v) is 7.51. The summed E-state index contributed by atoms with van der Waals surface area (Å²) in [4.78, 5) is 5.94. The van der Waals surface area contributed by atoms with Crippen LogP contribution in [-0.4, -0.2) is 16.5 Å². The molecule has 3 aromatic heterocycles. The molecule has 0 radical (unpaired) electrons. The van der Waals surface area contributed by atoms with Gasteiger partial charge in [0, 0.05) is 18.3 Å². The van der Waals surface area contributed by atoms with Crippen LogP contribution in [0.25, 0.3) is 27.3 Å². The van der Waals surface area contributed by atoms with E-state index in [0.717, 1.165) is 44.5 Å². The minimum absolute atomic E-state index is 0.462. The Kier molecular flexibility index (Phi) is 7.21. The quantitative estimate of drug-likeness (QED) is 0.199. The highest BCUT2D eigenvalue weighted by molar-refractivity contribution is 7.13. The number of hydrogen-bond acceptors (Lipinski definition) is 5. The zero-order chi connectivity index (χ0) is 27.3. The molecule has 40 heavy (non-hydrogen) atoms. The van der Waals surface area contributed by atoms with E-state index in [1.54, 1.807) is 18.4 Å². The van der Waals surface area contributed by atoms with Crippen molar-refractivity contribution < 1.29 is 9.47 Å². The van der Waals surface area contributed by atoms with Gasteiger partial charge in [-0.15, -0.1) is 17.8 Å². The second-order valence-electron chi connectivity index (χ2n) is 9.24. The largest absolute Gasteiger partial charge is 0.497 e. The zero-order valence-corrected chi connectivity index (χ0v) is 22.8. The monoisotopic (exact) mass is 541 g/mol. The Morgan fingerprint density at radius 2 is 1.70 bits per heavy atom. The number of fused-ring (bicyclic) bond motifs is 2. The fourth-order valence-electron chi connectivity index (χ4n) is 4.47. The average molecular weight is 542 g/mol. The van der Waals surface area contributed by atoms with Crippen molar-refractivity contribution in [3.8, 4) is 45.5 Å². The number of rotatable bonds is 8. The molecule has 5 nitrogen and oxygen atoms in total. The first-order chi connectivity index (χ1) is 19.7. The summed E-state index contributed by atoms with van der Waals surface area (Å²) < 4.78 is 13.6. The predicted molar refractivity (Wildman–Crippen MR) is 163 cm³/mol. The van der Waals surface area contributed by atoms with E-state index in [-0.39, 0.29) is 0 Å². The first-order valence-corrected chi connectivity index (χ1v) is 13.8. The number of nitrogens with zero attached hydrogens (tertiary/aromatic N) is 2. The van der Waals surface area contributed by atoms with E-state index >= 15 is 0 Å².